The van der Waals surface area contributed by atoms with Gasteiger partial charge >= 0.3 is 0 Å². The van der Waals surface area contributed by atoms with E-state index in [4.69, 9.17) is 4.74 Å². The summed E-state index contributed by atoms with van der Waals surface area (Å²) in [4.78, 5) is 33.4. The van der Waals surface area contributed by atoms with E-state index in [9.17, 15) is 14.9 Å². The topological polar surface area (TPSA) is 101 Å². The normalized spacial score (nSPS) is 19.0. The quantitative estimate of drug-likeness (QED) is 0.355. The fraction of sp³-hybridized carbons (Fsp3) is 0.357. The molecule has 1 N–H and O–H groups in total. The largest absolute Gasteiger partial charge is 0.492 e. The van der Waals surface area contributed by atoms with Crippen molar-refractivity contribution in [1.82, 2.24) is 15.2 Å². The maximum absolute atomic E-state index is 13.4. The maximum Gasteiger partial charge on any atom is 0.269 e. The SMILES string of the molecule is O=C(NCCc1ccccn1)[C@@H]1Cc2cc([N+](=O)[O-])ccc2N2CCN(CCOc3ccccc3)C[C@H]12. The summed E-state index contributed by atoms with van der Waals surface area (Å²) < 4.78 is 5.90. The van der Waals surface area contributed by atoms with Gasteiger partial charge in [0.25, 0.3) is 5.69 Å². The van der Waals surface area contributed by atoms with Gasteiger partial charge in [-0.05, 0) is 42.3 Å². The number of amides is 1. The number of pyridine rings is 1. The molecule has 9 nitrogen and oxygen atoms in total. The Hall–Kier alpha value is -3.98. The number of benzene rings is 2. The second-order valence-electron chi connectivity index (χ2n) is 9.47. The summed E-state index contributed by atoms with van der Waals surface area (Å²) >= 11 is 0. The lowest BCUT2D eigenvalue weighted by Crippen LogP contribution is -2.61. The number of nitro benzene ring substituents is 1. The number of nitrogens with zero attached hydrogens (tertiary/aromatic N) is 4. The fourth-order valence-electron chi connectivity index (χ4n) is 5.29. The second-order valence-corrected chi connectivity index (χ2v) is 9.47. The number of aromatic nitrogens is 1. The van der Waals surface area contributed by atoms with Crippen molar-refractivity contribution >= 4 is 17.3 Å². The lowest BCUT2D eigenvalue weighted by Gasteiger charge is -2.49. The van der Waals surface area contributed by atoms with Crippen LogP contribution < -0.4 is 15.0 Å². The number of piperazine rings is 1. The molecule has 2 aliphatic rings. The van der Waals surface area contributed by atoms with E-state index in [-0.39, 0.29) is 28.5 Å². The molecule has 0 unspecified atom stereocenters. The monoisotopic (exact) mass is 501 g/mol. The van der Waals surface area contributed by atoms with Crippen molar-refractivity contribution in [2.45, 2.75) is 18.9 Å². The molecule has 1 amide bonds. The number of non-ortho nitro benzene ring substituents is 1. The van der Waals surface area contributed by atoms with Crippen LogP contribution in [0, 0.1) is 16.0 Å². The molecule has 2 aliphatic heterocycles. The highest BCUT2D eigenvalue weighted by atomic mass is 16.6. The van der Waals surface area contributed by atoms with Gasteiger partial charge in [-0.1, -0.05) is 24.3 Å². The zero-order valence-electron chi connectivity index (χ0n) is 20.7. The third-order valence-electron chi connectivity index (χ3n) is 7.15. The molecule has 1 saturated heterocycles. The van der Waals surface area contributed by atoms with Gasteiger partial charge in [0.05, 0.1) is 16.9 Å². The van der Waals surface area contributed by atoms with Crippen LogP contribution in [0.25, 0.3) is 0 Å². The van der Waals surface area contributed by atoms with Crippen LogP contribution in [0.3, 0.4) is 0 Å². The zero-order chi connectivity index (χ0) is 25.6. The van der Waals surface area contributed by atoms with Crippen LogP contribution >= 0.6 is 0 Å². The van der Waals surface area contributed by atoms with Crippen LogP contribution in [0.15, 0.2) is 72.9 Å². The number of para-hydroxylation sites is 1. The van der Waals surface area contributed by atoms with Crippen LogP contribution in [0.4, 0.5) is 11.4 Å². The molecule has 2 atom stereocenters. The Bertz CT molecular complexity index is 1220. The van der Waals surface area contributed by atoms with E-state index in [0.29, 0.717) is 26.0 Å². The van der Waals surface area contributed by atoms with Crippen LogP contribution in [0.1, 0.15) is 11.3 Å². The molecule has 2 aromatic carbocycles. The Kier molecular flexibility index (Phi) is 7.60. The van der Waals surface area contributed by atoms with E-state index in [1.165, 1.54) is 0 Å². The highest BCUT2D eigenvalue weighted by Gasteiger charge is 2.41. The van der Waals surface area contributed by atoms with Gasteiger partial charge in [0, 0.05) is 68.9 Å². The number of anilines is 1. The molecule has 5 rings (SSSR count). The number of nitrogens with one attached hydrogen (secondary N) is 1. The van der Waals surface area contributed by atoms with E-state index < -0.39 is 0 Å². The molecule has 0 saturated carbocycles. The Labute approximate surface area is 216 Å². The van der Waals surface area contributed by atoms with Gasteiger partial charge in [-0.15, -0.1) is 0 Å². The third kappa shape index (κ3) is 5.89. The summed E-state index contributed by atoms with van der Waals surface area (Å²) in [5.74, 6) is 0.515. The van der Waals surface area contributed by atoms with E-state index in [1.807, 2.05) is 54.6 Å². The molecule has 0 aliphatic carbocycles. The van der Waals surface area contributed by atoms with Crippen LogP contribution in [-0.2, 0) is 17.6 Å². The van der Waals surface area contributed by atoms with E-state index >= 15 is 0 Å². The van der Waals surface area contributed by atoms with Crippen molar-refractivity contribution < 1.29 is 14.5 Å². The predicted octanol–water partition coefficient (Wildman–Crippen LogP) is 3.09. The highest BCUT2D eigenvalue weighted by Crippen LogP contribution is 2.37. The third-order valence-corrected chi connectivity index (χ3v) is 7.15. The number of carbonyl (C=O) groups excluding carboxylic acids is 1. The molecule has 0 radical (unpaired) electrons. The average molecular weight is 502 g/mol. The van der Waals surface area contributed by atoms with E-state index in [1.54, 1.807) is 18.3 Å². The number of rotatable bonds is 9. The minimum Gasteiger partial charge on any atom is -0.492 e. The molecule has 0 spiro atoms. The second kappa shape index (κ2) is 11.4. The lowest BCUT2D eigenvalue weighted by molar-refractivity contribution is -0.384. The minimum absolute atomic E-state index is 0.0192. The zero-order valence-corrected chi connectivity index (χ0v) is 20.7. The minimum atomic E-state index is -0.376. The Morgan fingerprint density at radius 3 is 2.73 bits per heavy atom. The molecule has 37 heavy (non-hydrogen) atoms. The maximum atomic E-state index is 13.4. The smallest absolute Gasteiger partial charge is 0.269 e. The number of ether oxygens (including phenoxy) is 1. The highest BCUT2D eigenvalue weighted by molar-refractivity contribution is 5.82. The average Bonchev–Trinajstić information content (AvgIpc) is 2.93. The first-order chi connectivity index (χ1) is 18.1. The number of hydrogen-bond acceptors (Lipinski definition) is 7. The van der Waals surface area contributed by atoms with Gasteiger partial charge in [0.2, 0.25) is 5.91 Å². The summed E-state index contributed by atoms with van der Waals surface area (Å²) in [7, 11) is 0. The molecule has 192 valence electrons. The van der Waals surface area contributed by atoms with Crippen molar-refractivity contribution in [2.24, 2.45) is 5.92 Å². The van der Waals surface area contributed by atoms with Crippen molar-refractivity contribution in [3.05, 3.63) is 94.3 Å². The predicted molar refractivity (Wildman–Crippen MR) is 141 cm³/mol. The summed E-state index contributed by atoms with van der Waals surface area (Å²) in [5.41, 5.74) is 2.84. The summed E-state index contributed by atoms with van der Waals surface area (Å²) in [6.45, 7) is 4.14. The molecule has 0 bridgehead atoms. The molecule has 9 heteroatoms. The Morgan fingerprint density at radius 2 is 1.95 bits per heavy atom. The number of fused-ring (bicyclic) bond motifs is 3. The van der Waals surface area contributed by atoms with Gasteiger partial charge in [0.15, 0.2) is 0 Å². The van der Waals surface area contributed by atoms with Gasteiger partial charge in [-0.2, -0.15) is 0 Å². The molecule has 1 aromatic heterocycles. The fourth-order valence-corrected chi connectivity index (χ4v) is 5.29. The first-order valence-corrected chi connectivity index (χ1v) is 12.7. The number of carbonyl (C=O) groups is 1. The van der Waals surface area contributed by atoms with Gasteiger partial charge in [-0.3, -0.25) is 24.8 Å². The van der Waals surface area contributed by atoms with Crippen LogP contribution in [0.5, 0.6) is 5.75 Å². The summed E-state index contributed by atoms with van der Waals surface area (Å²) in [5, 5.41) is 14.5. The van der Waals surface area contributed by atoms with Crippen molar-refractivity contribution in [3.63, 3.8) is 0 Å². The van der Waals surface area contributed by atoms with Crippen molar-refractivity contribution in [1.29, 1.82) is 0 Å². The van der Waals surface area contributed by atoms with Crippen molar-refractivity contribution in [3.8, 4) is 5.75 Å². The van der Waals surface area contributed by atoms with Crippen LogP contribution in [0.2, 0.25) is 0 Å². The molecule has 3 heterocycles. The summed E-state index contributed by atoms with van der Waals surface area (Å²) in [6.07, 6.45) is 2.87. The number of hydrogen-bond donors (Lipinski definition) is 1. The first kappa shape index (κ1) is 24.7. The Morgan fingerprint density at radius 1 is 1.11 bits per heavy atom. The molecular weight excluding hydrogens is 470 g/mol. The van der Waals surface area contributed by atoms with E-state index in [0.717, 1.165) is 48.9 Å². The molecule has 3 aromatic rings. The Balaban J connectivity index is 1.28. The standard InChI is InChI=1S/C28H31N5O4/c34-28(30-13-11-22-6-4-5-12-29-22)25-19-21-18-23(33(35)36)9-10-26(21)32-15-14-31(20-27(25)32)16-17-37-24-7-2-1-3-8-24/h1-10,12,18,25,27H,11,13-17,19-20H2,(H,30,34)/t25-,27-/m1/s1. The molecule has 1 fully saturated rings. The molecular formula is C28H31N5O4. The van der Waals surface area contributed by atoms with Gasteiger partial charge in [-0.25, -0.2) is 0 Å². The van der Waals surface area contributed by atoms with Gasteiger partial charge in [0.1, 0.15) is 12.4 Å². The van der Waals surface area contributed by atoms with E-state index in [2.05, 4.69) is 20.1 Å². The number of nitro groups is 1. The summed E-state index contributed by atoms with van der Waals surface area (Å²) in [6, 6.07) is 20.5. The lowest BCUT2D eigenvalue weighted by atomic mass is 9.83. The van der Waals surface area contributed by atoms with Crippen molar-refractivity contribution in [2.75, 3.05) is 44.2 Å². The van der Waals surface area contributed by atoms with Crippen LogP contribution in [-0.4, -0.2) is 66.1 Å². The van der Waals surface area contributed by atoms with Gasteiger partial charge < -0.3 is 15.0 Å². The first-order valence-electron chi connectivity index (χ1n) is 12.7.